The van der Waals surface area contributed by atoms with Gasteiger partial charge in [0.25, 0.3) is 0 Å². The molecule has 0 saturated carbocycles. The first-order valence-corrected chi connectivity index (χ1v) is 9.47. The molecule has 0 aromatic carbocycles. The molecule has 1 aromatic rings. The Morgan fingerprint density at radius 2 is 1.77 bits per heavy atom. The van der Waals surface area contributed by atoms with E-state index in [9.17, 15) is 9.59 Å². The van der Waals surface area contributed by atoms with Crippen LogP contribution in [-0.4, -0.2) is 39.1 Å². The molecular formula is C20H36N4O2. The predicted molar refractivity (Wildman–Crippen MR) is 106 cm³/mol. The van der Waals surface area contributed by atoms with Gasteiger partial charge in [-0.25, -0.2) is 4.68 Å². The minimum Gasteiger partial charge on any atom is -0.331 e. The number of nitrogens with zero attached hydrogens (tertiary/aromatic N) is 3. The number of carbonyl (C=O) groups is 2. The lowest BCUT2D eigenvalue weighted by Crippen LogP contribution is -2.42. The number of aromatic nitrogens is 2. The van der Waals surface area contributed by atoms with Crippen molar-refractivity contribution in [2.24, 2.45) is 0 Å². The van der Waals surface area contributed by atoms with Crippen molar-refractivity contribution in [3.8, 4) is 0 Å². The number of rotatable bonds is 6. The number of hydrogen-bond acceptors (Lipinski definition) is 3. The fourth-order valence-corrected chi connectivity index (χ4v) is 2.60. The molecule has 0 spiro atoms. The molecule has 148 valence electrons. The molecule has 0 aliphatic rings. The summed E-state index contributed by atoms with van der Waals surface area (Å²) in [4.78, 5) is 26.5. The van der Waals surface area contributed by atoms with Crippen LogP contribution >= 0.6 is 0 Å². The number of amides is 2. The van der Waals surface area contributed by atoms with E-state index < -0.39 is 0 Å². The summed E-state index contributed by atoms with van der Waals surface area (Å²) in [7, 11) is 0. The van der Waals surface area contributed by atoms with E-state index in [0.717, 1.165) is 12.1 Å². The standard InChI is InChI=1S/C20H36N4O2/c1-10-11-18(26)23(14(2)3)13-17(25)21-16-12-15(19(4,5)6)22-24(16)20(7,8)9/h12,14H,10-11,13H2,1-9H3,(H,21,25). The Hall–Kier alpha value is -1.85. The van der Waals surface area contributed by atoms with E-state index in [2.05, 4.69) is 26.1 Å². The summed E-state index contributed by atoms with van der Waals surface area (Å²) in [5.74, 6) is 0.477. The molecule has 1 rings (SSSR count). The van der Waals surface area contributed by atoms with Crippen molar-refractivity contribution in [1.82, 2.24) is 14.7 Å². The lowest BCUT2D eigenvalue weighted by Gasteiger charge is -2.27. The van der Waals surface area contributed by atoms with Crippen molar-refractivity contribution in [2.75, 3.05) is 11.9 Å². The fourth-order valence-electron chi connectivity index (χ4n) is 2.60. The van der Waals surface area contributed by atoms with E-state index in [1.54, 1.807) is 4.90 Å². The van der Waals surface area contributed by atoms with Crippen LogP contribution in [0.1, 0.15) is 80.8 Å². The van der Waals surface area contributed by atoms with Gasteiger partial charge < -0.3 is 10.2 Å². The van der Waals surface area contributed by atoms with Crippen LogP contribution in [0.3, 0.4) is 0 Å². The van der Waals surface area contributed by atoms with Crippen LogP contribution < -0.4 is 5.32 Å². The molecule has 0 unspecified atom stereocenters. The van der Waals surface area contributed by atoms with Gasteiger partial charge in [-0.05, 0) is 41.0 Å². The summed E-state index contributed by atoms with van der Waals surface area (Å²) in [6.07, 6.45) is 1.23. The monoisotopic (exact) mass is 364 g/mol. The molecule has 0 fully saturated rings. The molecule has 0 aliphatic carbocycles. The average Bonchev–Trinajstić information content (AvgIpc) is 2.88. The molecule has 6 nitrogen and oxygen atoms in total. The quantitative estimate of drug-likeness (QED) is 0.832. The molecule has 26 heavy (non-hydrogen) atoms. The molecule has 0 radical (unpaired) electrons. The molecule has 2 amide bonds. The Kier molecular flexibility index (Phi) is 7.02. The molecular weight excluding hydrogens is 328 g/mol. The summed E-state index contributed by atoms with van der Waals surface area (Å²) >= 11 is 0. The summed E-state index contributed by atoms with van der Waals surface area (Å²) in [6.45, 7) is 18.3. The highest BCUT2D eigenvalue weighted by molar-refractivity contribution is 5.94. The van der Waals surface area contributed by atoms with Crippen molar-refractivity contribution >= 4 is 17.6 Å². The van der Waals surface area contributed by atoms with Crippen molar-refractivity contribution in [3.63, 3.8) is 0 Å². The van der Waals surface area contributed by atoms with Gasteiger partial charge in [0.15, 0.2) is 0 Å². The maximum atomic E-state index is 12.6. The highest BCUT2D eigenvalue weighted by Gasteiger charge is 2.26. The van der Waals surface area contributed by atoms with Crippen LogP contribution in [-0.2, 0) is 20.5 Å². The minimum absolute atomic E-state index is 0.0114. The third-order valence-corrected chi connectivity index (χ3v) is 4.10. The van der Waals surface area contributed by atoms with E-state index >= 15 is 0 Å². The first-order chi connectivity index (χ1) is 11.8. The van der Waals surface area contributed by atoms with Gasteiger partial charge >= 0.3 is 0 Å². The van der Waals surface area contributed by atoms with Crippen LogP contribution in [0.5, 0.6) is 0 Å². The highest BCUT2D eigenvalue weighted by atomic mass is 16.2. The first kappa shape index (κ1) is 22.2. The van der Waals surface area contributed by atoms with Gasteiger partial charge in [0.2, 0.25) is 11.8 Å². The maximum absolute atomic E-state index is 12.6. The third kappa shape index (κ3) is 5.85. The molecule has 1 aromatic heterocycles. The maximum Gasteiger partial charge on any atom is 0.245 e. The fraction of sp³-hybridized carbons (Fsp3) is 0.750. The second-order valence-corrected chi connectivity index (χ2v) is 9.16. The highest BCUT2D eigenvalue weighted by Crippen LogP contribution is 2.28. The zero-order chi connectivity index (χ0) is 20.3. The third-order valence-electron chi connectivity index (χ3n) is 4.10. The molecule has 6 heteroatoms. The van der Waals surface area contributed by atoms with Crippen molar-refractivity contribution in [1.29, 1.82) is 0 Å². The molecule has 0 atom stereocenters. The van der Waals surface area contributed by atoms with Crippen molar-refractivity contribution in [2.45, 2.75) is 92.2 Å². The molecule has 0 aliphatic heterocycles. The van der Waals surface area contributed by atoms with E-state index in [1.165, 1.54) is 0 Å². The van der Waals surface area contributed by atoms with Crippen LogP contribution in [0.25, 0.3) is 0 Å². The smallest absolute Gasteiger partial charge is 0.245 e. The lowest BCUT2D eigenvalue weighted by atomic mass is 9.92. The largest absolute Gasteiger partial charge is 0.331 e. The SMILES string of the molecule is CCCC(=O)N(CC(=O)Nc1cc(C(C)(C)C)nn1C(C)(C)C)C(C)C. The zero-order valence-corrected chi connectivity index (χ0v) is 17.9. The van der Waals surface area contributed by atoms with Crippen molar-refractivity contribution in [3.05, 3.63) is 11.8 Å². The Balaban J connectivity index is 3.04. The van der Waals surface area contributed by atoms with Gasteiger partial charge in [-0.1, -0.05) is 27.7 Å². The van der Waals surface area contributed by atoms with Crippen LogP contribution in [0, 0.1) is 0 Å². The topological polar surface area (TPSA) is 67.2 Å². The molecule has 1 heterocycles. The second-order valence-electron chi connectivity index (χ2n) is 9.16. The molecule has 1 N–H and O–H groups in total. The van der Waals surface area contributed by atoms with Gasteiger partial charge in [0.1, 0.15) is 12.4 Å². The predicted octanol–water partition coefficient (Wildman–Crippen LogP) is 3.91. The summed E-state index contributed by atoms with van der Waals surface area (Å²) in [6, 6.07) is 1.91. The Labute approximate surface area is 158 Å². The second kappa shape index (κ2) is 8.23. The summed E-state index contributed by atoms with van der Waals surface area (Å²) in [5, 5.41) is 7.67. The summed E-state index contributed by atoms with van der Waals surface area (Å²) < 4.78 is 1.85. The number of anilines is 1. The van der Waals surface area contributed by atoms with Crippen LogP contribution in [0.15, 0.2) is 6.07 Å². The van der Waals surface area contributed by atoms with E-state index in [1.807, 2.05) is 52.3 Å². The van der Waals surface area contributed by atoms with Crippen molar-refractivity contribution < 1.29 is 9.59 Å². The number of carbonyl (C=O) groups excluding carboxylic acids is 2. The zero-order valence-electron chi connectivity index (χ0n) is 17.9. The van der Waals surface area contributed by atoms with E-state index in [-0.39, 0.29) is 35.4 Å². The molecule has 0 bridgehead atoms. The van der Waals surface area contributed by atoms with Gasteiger partial charge in [-0.3, -0.25) is 9.59 Å². The minimum atomic E-state index is -0.262. The van der Waals surface area contributed by atoms with E-state index in [0.29, 0.717) is 12.2 Å². The Morgan fingerprint density at radius 1 is 1.19 bits per heavy atom. The average molecular weight is 365 g/mol. The molecule has 0 saturated heterocycles. The van der Waals surface area contributed by atoms with Gasteiger partial charge in [0, 0.05) is 23.9 Å². The van der Waals surface area contributed by atoms with Crippen LogP contribution in [0.2, 0.25) is 0 Å². The number of nitrogens with one attached hydrogen (secondary N) is 1. The Bertz CT molecular complexity index is 633. The van der Waals surface area contributed by atoms with Gasteiger partial charge in [-0.2, -0.15) is 5.10 Å². The number of hydrogen-bond donors (Lipinski definition) is 1. The summed E-state index contributed by atoms with van der Waals surface area (Å²) in [5.41, 5.74) is 0.546. The lowest BCUT2D eigenvalue weighted by molar-refractivity contribution is -0.136. The Morgan fingerprint density at radius 3 is 2.19 bits per heavy atom. The normalized spacial score (nSPS) is 12.4. The first-order valence-electron chi connectivity index (χ1n) is 9.47. The van der Waals surface area contributed by atoms with E-state index in [4.69, 9.17) is 5.10 Å². The van der Waals surface area contributed by atoms with Gasteiger partial charge in [-0.15, -0.1) is 0 Å². The van der Waals surface area contributed by atoms with Crippen LogP contribution in [0.4, 0.5) is 5.82 Å². The van der Waals surface area contributed by atoms with Gasteiger partial charge in [0.05, 0.1) is 11.2 Å².